The van der Waals surface area contributed by atoms with Crippen molar-refractivity contribution in [2.75, 3.05) is 11.9 Å². The van der Waals surface area contributed by atoms with Gasteiger partial charge in [0.1, 0.15) is 0 Å². The molecule has 0 heterocycles. The Labute approximate surface area is 80.7 Å². The number of hydrogen-bond donors (Lipinski definition) is 1. The van der Waals surface area contributed by atoms with E-state index in [1.54, 1.807) is 12.1 Å². The number of benzene rings is 1. The van der Waals surface area contributed by atoms with E-state index in [9.17, 15) is 8.78 Å². The van der Waals surface area contributed by atoms with Gasteiger partial charge in [0.05, 0.1) is 17.3 Å². The molecule has 0 saturated heterocycles. The van der Waals surface area contributed by atoms with Gasteiger partial charge in [-0.1, -0.05) is 17.7 Å². The smallest absolute Gasteiger partial charge is 0.255 e. The molecule has 1 aromatic rings. The largest absolute Gasteiger partial charge is 0.378 e. The first-order valence-electron chi connectivity index (χ1n) is 3.88. The van der Waals surface area contributed by atoms with Crippen LogP contribution in [0.1, 0.15) is 5.56 Å². The molecule has 72 valence electrons. The molecule has 1 rings (SSSR count). The van der Waals surface area contributed by atoms with Crippen LogP contribution < -0.4 is 5.32 Å². The second kappa shape index (κ2) is 4.42. The van der Waals surface area contributed by atoms with Gasteiger partial charge < -0.3 is 5.32 Å². The SMILES string of the molecule is Cc1ccc(Cl)c(NCC(F)F)c1. The number of anilines is 1. The van der Waals surface area contributed by atoms with Crippen molar-refractivity contribution in [3.8, 4) is 0 Å². The quantitative estimate of drug-likeness (QED) is 0.798. The molecule has 0 fully saturated rings. The van der Waals surface area contributed by atoms with Crippen molar-refractivity contribution in [1.82, 2.24) is 0 Å². The number of nitrogens with one attached hydrogen (secondary N) is 1. The molecule has 0 saturated carbocycles. The lowest BCUT2D eigenvalue weighted by molar-refractivity contribution is 0.163. The van der Waals surface area contributed by atoms with Crippen LogP contribution in [0.15, 0.2) is 18.2 Å². The standard InChI is InChI=1S/C9H10ClF2N/c1-6-2-3-7(10)8(4-6)13-5-9(11)12/h2-4,9,13H,5H2,1H3. The Balaban J connectivity index is 2.70. The van der Waals surface area contributed by atoms with Crippen molar-refractivity contribution in [3.63, 3.8) is 0 Å². The van der Waals surface area contributed by atoms with Crippen LogP contribution in [0.25, 0.3) is 0 Å². The molecule has 0 aliphatic carbocycles. The Morgan fingerprint density at radius 3 is 2.77 bits per heavy atom. The number of aryl methyl sites for hydroxylation is 1. The van der Waals surface area contributed by atoms with E-state index in [1.165, 1.54) is 0 Å². The monoisotopic (exact) mass is 205 g/mol. The van der Waals surface area contributed by atoms with E-state index in [0.29, 0.717) is 10.7 Å². The second-order valence-corrected chi connectivity index (χ2v) is 3.16. The summed E-state index contributed by atoms with van der Waals surface area (Å²) in [5.41, 5.74) is 1.54. The molecule has 0 bridgehead atoms. The predicted octanol–water partition coefficient (Wildman–Crippen LogP) is 3.33. The Kier molecular flexibility index (Phi) is 3.48. The van der Waals surface area contributed by atoms with Gasteiger partial charge in [0, 0.05) is 0 Å². The minimum absolute atomic E-state index is 0.372. The average Bonchev–Trinajstić information content (AvgIpc) is 2.06. The van der Waals surface area contributed by atoms with Crippen LogP contribution in [0.4, 0.5) is 14.5 Å². The number of halogens is 3. The highest BCUT2D eigenvalue weighted by molar-refractivity contribution is 6.33. The average molecular weight is 206 g/mol. The van der Waals surface area contributed by atoms with E-state index in [1.807, 2.05) is 13.0 Å². The van der Waals surface area contributed by atoms with Gasteiger partial charge in [0.15, 0.2) is 0 Å². The van der Waals surface area contributed by atoms with Crippen molar-refractivity contribution in [1.29, 1.82) is 0 Å². The van der Waals surface area contributed by atoms with Crippen LogP contribution in [0.5, 0.6) is 0 Å². The van der Waals surface area contributed by atoms with E-state index < -0.39 is 6.43 Å². The minimum Gasteiger partial charge on any atom is -0.378 e. The zero-order valence-electron chi connectivity index (χ0n) is 7.15. The Hall–Kier alpha value is -0.830. The Morgan fingerprint density at radius 1 is 1.46 bits per heavy atom. The summed E-state index contributed by atoms with van der Waals surface area (Å²) in [5.74, 6) is 0. The molecule has 1 aromatic carbocycles. The first kappa shape index (κ1) is 10.3. The van der Waals surface area contributed by atoms with Crippen LogP contribution in [-0.4, -0.2) is 13.0 Å². The van der Waals surface area contributed by atoms with Gasteiger partial charge in [-0.2, -0.15) is 0 Å². The summed E-state index contributed by atoms with van der Waals surface area (Å²) < 4.78 is 23.7. The highest BCUT2D eigenvalue weighted by Gasteiger charge is 2.04. The fourth-order valence-electron chi connectivity index (χ4n) is 0.962. The third-order valence-corrected chi connectivity index (χ3v) is 1.90. The van der Waals surface area contributed by atoms with Gasteiger partial charge in [-0.15, -0.1) is 0 Å². The van der Waals surface area contributed by atoms with E-state index in [4.69, 9.17) is 11.6 Å². The van der Waals surface area contributed by atoms with Gasteiger partial charge in [-0.05, 0) is 24.6 Å². The fourth-order valence-corrected chi connectivity index (χ4v) is 1.15. The lowest BCUT2D eigenvalue weighted by Crippen LogP contribution is -2.10. The van der Waals surface area contributed by atoms with Gasteiger partial charge in [-0.25, -0.2) is 8.78 Å². The maximum Gasteiger partial charge on any atom is 0.255 e. The zero-order valence-corrected chi connectivity index (χ0v) is 7.91. The van der Waals surface area contributed by atoms with E-state index in [0.717, 1.165) is 5.56 Å². The van der Waals surface area contributed by atoms with Gasteiger partial charge in [-0.3, -0.25) is 0 Å². The Morgan fingerprint density at radius 2 is 2.15 bits per heavy atom. The molecule has 1 N–H and O–H groups in total. The van der Waals surface area contributed by atoms with E-state index >= 15 is 0 Å². The van der Waals surface area contributed by atoms with Crippen LogP contribution in [0.2, 0.25) is 5.02 Å². The highest BCUT2D eigenvalue weighted by atomic mass is 35.5. The van der Waals surface area contributed by atoms with Crippen molar-refractivity contribution in [2.45, 2.75) is 13.3 Å². The van der Waals surface area contributed by atoms with Gasteiger partial charge >= 0.3 is 0 Å². The molecular formula is C9H10ClF2N. The molecule has 0 aliphatic rings. The summed E-state index contributed by atoms with van der Waals surface area (Å²) >= 11 is 5.77. The fraction of sp³-hybridized carbons (Fsp3) is 0.333. The molecule has 0 amide bonds. The van der Waals surface area contributed by atoms with Crippen LogP contribution in [0, 0.1) is 6.92 Å². The summed E-state index contributed by atoms with van der Waals surface area (Å²) in [6.45, 7) is 1.51. The maximum absolute atomic E-state index is 11.8. The van der Waals surface area contributed by atoms with Crippen molar-refractivity contribution in [3.05, 3.63) is 28.8 Å². The third-order valence-electron chi connectivity index (χ3n) is 1.57. The molecule has 0 aliphatic heterocycles. The molecule has 0 radical (unpaired) electrons. The van der Waals surface area contributed by atoms with Crippen LogP contribution in [0.3, 0.4) is 0 Å². The lowest BCUT2D eigenvalue weighted by atomic mass is 10.2. The topological polar surface area (TPSA) is 12.0 Å². The van der Waals surface area contributed by atoms with E-state index in [-0.39, 0.29) is 6.54 Å². The van der Waals surface area contributed by atoms with Gasteiger partial charge in [0.2, 0.25) is 0 Å². The summed E-state index contributed by atoms with van der Waals surface area (Å²) in [4.78, 5) is 0. The summed E-state index contributed by atoms with van der Waals surface area (Å²) in [6.07, 6.45) is -2.36. The molecular weight excluding hydrogens is 196 g/mol. The summed E-state index contributed by atoms with van der Waals surface area (Å²) in [6, 6.07) is 5.26. The summed E-state index contributed by atoms with van der Waals surface area (Å²) in [7, 11) is 0. The maximum atomic E-state index is 11.8. The number of rotatable bonds is 3. The van der Waals surface area contributed by atoms with Crippen LogP contribution in [-0.2, 0) is 0 Å². The third kappa shape index (κ3) is 3.19. The lowest BCUT2D eigenvalue weighted by Gasteiger charge is -2.08. The molecule has 0 spiro atoms. The minimum atomic E-state index is -2.36. The molecule has 0 unspecified atom stereocenters. The summed E-state index contributed by atoms with van der Waals surface area (Å²) in [5, 5.41) is 3.04. The van der Waals surface area contributed by atoms with Crippen LogP contribution >= 0.6 is 11.6 Å². The highest BCUT2D eigenvalue weighted by Crippen LogP contribution is 2.22. The molecule has 13 heavy (non-hydrogen) atoms. The van der Waals surface area contributed by atoms with Crippen molar-refractivity contribution < 1.29 is 8.78 Å². The van der Waals surface area contributed by atoms with Gasteiger partial charge in [0.25, 0.3) is 6.43 Å². The van der Waals surface area contributed by atoms with Crippen molar-refractivity contribution >= 4 is 17.3 Å². The second-order valence-electron chi connectivity index (χ2n) is 2.76. The molecule has 1 nitrogen and oxygen atoms in total. The zero-order chi connectivity index (χ0) is 9.84. The van der Waals surface area contributed by atoms with Crippen molar-refractivity contribution in [2.24, 2.45) is 0 Å². The first-order chi connectivity index (χ1) is 6.09. The molecule has 0 aromatic heterocycles. The number of alkyl halides is 2. The predicted molar refractivity (Wildman–Crippen MR) is 50.7 cm³/mol. The molecule has 0 atom stereocenters. The normalized spacial score (nSPS) is 10.5. The van der Waals surface area contributed by atoms with E-state index in [2.05, 4.69) is 5.32 Å². The first-order valence-corrected chi connectivity index (χ1v) is 4.25. The molecule has 4 heteroatoms. The number of hydrogen-bond acceptors (Lipinski definition) is 1. The Bertz CT molecular complexity index is 289.